The van der Waals surface area contributed by atoms with Crippen LogP contribution in [0.4, 0.5) is 14.9 Å². The average Bonchev–Trinajstić information content (AvgIpc) is 3.34. The molecule has 1 saturated heterocycles. The van der Waals surface area contributed by atoms with Crippen molar-refractivity contribution in [1.82, 2.24) is 5.32 Å². The Kier molecular flexibility index (Phi) is 8.04. The molecule has 7 heteroatoms. The minimum Gasteiger partial charge on any atom is -0.442 e. The van der Waals surface area contributed by atoms with Crippen LogP contribution < -0.4 is 10.2 Å². The number of thioether (sulfide) groups is 1. The number of rotatable bonds is 9. The zero-order valence-corrected chi connectivity index (χ0v) is 21.4. The molecule has 5 nitrogen and oxygen atoms in total. The molecule has 2 amide bonds. The second-order valence-electron chi connectivity index (χ2n) is 9.08. The van der Waals surface area contributed by atoms with Crippen molar-refractivity contribution in [2.75, 3.05) is 11.4 Å². The molecule has 192 valence electrons. The van der Waals surface area contributed by atoms with Crippen molar-refractivity contribution in [2.24, 2.45) is 0 Å². The first-order valence-corrected chi connectivity index (χ1v) is 13.4. The summed E-state index contributed by atoms with van der Waals surface area (Å²) in [4.78, 5) is 28.5. The van der Waals surface area contributed by atoms with Crippen LogP contribution in [0.1, 0.15) is 21.5 Å². The molecule has 2 atom stereocenters. The summed E-state index contributed by atoms with van der Waals surface area (Å²) in [6, 6.07) is 32.7. The molecule has 1 aliphatic rings. The average molecular weight is 527 g/mol. The number of ether oxygens (including phenoxy) is 1. The Hall–Kier alpha value is -4.10. The normalized spacial score (nSPS) is 15.7. The molecule has 38 heavy (non-hydrogen) atoms. The number of hydrogen-bond donors (Lipinski definition) is 1. The highest BCUT2D eigenvalue weighted by Gasteiger charge is 2.38. The second-order valence-corrected chi connectivity index (χ2v) is 10.1. The largest absolute Gasteiger partial charge is 0.442 e. The number of amides is 2. The van der Waals surface area contributed by atoms with E-state index in [1.165, 1.54) is 29.8 Å². The molecule has 1 fully saturated rings. The zero-order valence-electron chi connectivity index (χ0n) is 20.6. The van der Waals surface area contributed by atoms with Gasteiger partial charge in [0.15, 0.2) is 0 Å². The molecule has 1 aliphatic heterocycles. The van der Waals surface area contributed by atoms with E-state index in [4.69, 9.17) is 4.74 Å². The number of carbonyl (C=O) groups excluding carboxylic acids is 2. The van der Waals surface area contributed by atoms with Gasteiger partial charge in [-0.2, -0.15) is 0 Å². The molecular weight excluding hydrogens is 499 g/mol. The maximum atomic E-state index is 13.3. The van der Waals surface area contributed by atoms with Gasteiger partial charge < -0.3 is 10.1 Å². The van der Waals surface area contributed by atoms with E-state index in [0.29, 0.717) is 18.5 Å². The maximum absolute atomic E-state index is 13.3. The minimum absolute atomic E-state index is 0.302. The fourth-order valence-corrected chi connectivity index (χ4v) is 5.22. The van der Waals surface area contributed by atoms with Crippen LogP contribution in [0.2, 0.25) is 0 Å². The molecule has 0 bridgehead atoms. The lowest BCUT2D eigenvalue weighted by molar-refractivity contribution is 0.0840. The SMILES string of the molecule is O=C(N[C@@H](Cc1ccccc1)[C@H]1CN(c2ccc(SCc3ccccc3)cc2)C(=O)O1)c1ccc(F)cc1. The molecule has 0 saturated carbocycles. The molecule has 0 radical (unpaired) electrons. The number of anilines is 1. The van der Waals surface area contributed by atoms with Gasteiger partial charge in [-0.15, -0.1) is 11.8 Å². The molecule has 0 aromatic heterocycles. The van der Waals surface area contributed by atoms with Crippen LogP contribution in [-0.4, -0.2) is 30.7 Å². The third-order valence-electron chi connectivity index (χ3n) is 6.40. The van der Waals surface area contributed by atoms with E-state index in [1.54, 1.807) is 16.7 Å². The number of nitrogens with zero attached hydrogens (tertiary/aromatic N) is 1. The first-order valence-electron chi connectivity index (χ1n) is 12.4. The van der Waals surface area contributed by atoms with Crippen LogP contribution in [-0.2, 0) is 16.9 Å². The molecule has 4 aromatic rings. The van der Waals surface area contributed by atoms with Gasteiger partial charge in [0.05, 0.1) is 12.6 Å². The van der Waals surface area contributed by atoms with Crippen molar-refractivity contribution in [3.8, 4) is 0 Å². The topological polar surface area (TPSA) is 58.6 Å². The second kappa shape index (κ2) is 12.0. The van der Waals surface area contributed by atoms with Crippen LogP contribution in [0.5, 0.6) is 0 Å². The number of hydrogen-bond acceptors (Lipinski definition) is 4. The fraction of sp³-hybridized carbons (Fsp3) is 0.161. The maximum Gasteiger partial charge on any atom is 0.414 e. The lowest BCUT2D eigenvalue weighted by Gasteiger charge is -2.23. The number of nitrogens with one attached hydrogen (secondary N) is 1. The Morgan fingerprint density at radius 1 is 0.895 bits per heavy atom. The summed E-state index contributed by atoms with van der Waals surface area (Å²) in [5, 5.41) is 3.01. The predicted octanol–water partition coefficient (Wildman–Crippen LogP) is 6.48. The molecule has 1 N–H and O–H groups in total. The summed E-state index contributed by atoms with van der Waals surface area (Å²) in [6.07, 6.45) is -0.526. The fourth-order valence-electron chi connectivity index (χ4n) is 4.36. The quantitative estimate of drug-likeness (QED) is 0.254. The van der Waals surface area contributed by atoms with E-state index in [9.17, 15) is 14.0 Å². The molecule has 0 aliphatic carbocycles. The Morgan fingerprint density at radius 2 is 1.53 bits per heavy atom. The summed E-state index contributed by atoms with van der Waals surface area (Å²) in [7, 11) is 0. The lowest BCUT2D eigenvalue weighted by atomic mass is 10.0. The van der Waals surface area contributed by atoms with Crippen molar-refractivity contribution in [3.05, 3.63) is 132 Å². The highest BCUT2D eigenvalue weighted by atomic mass is 32.2. The van der Waals surface area contributed by atoms with Gasteiger partial charge in [0.25, 0.3) is 5.91 Å². The van der Waals surface area contributed by atoms with Gasteiger partial charge >= 0.3 is 6.09 Å². The van der Waals surface area contributed by atoms with Crippen LogP contribution in [0.15, 0.2) is 114 Å². The number of halogens is 1. The lowest BCUT2D eigenvalue weighted by Crippen LogP contribution is -2.46. The smallest absolute Gasteiger partial charge is 0.414 e. The Morgan fingerprint density at radius 3 is 2.18 bits per heavy atom. The Labute approximate surface area is 225 Å². The van der Waals surface area contributed by atoms with E-state index < -0.39 is 24.1 Å². The van der Waals surface area contributed by atoms with Crippen molar-refractivity contribution in [1.29, 1.82) is 0 Å². The number of carbonyl (C=O) groups is 2. The van der Waals surface area contributed by atoms with Crippen LogP contribution in [0.3, 0.4) is 0 Å². The summed E-state index contributed by atoms with van der Waals surface area (Å²) in [5.74, 6) is 0.107. The summed E-state index contributed by atoms with van der Waals surface area (Å²) in [5.41, 5.74) is 3.34. The highest BCUT2D eigenvalue weighted by Crippen LogP contribution is 2.28. The summed E-state index contributed by atoms with van der Waals surface area (Å²) >= 11 is 1.73. The molecule has 1 heterocycles. The standard InChI is InChI=1S/C31H27FN2O3S/c32-25-13-11-24(12-14-25)30(35)33-28(19-22-7-3-1-4-8-22)29-20-34(31(36)37-29)26-15-17-27(18-16-26)38-21-23-9-5-2-6-10-23/h1-18,28-29H,19-21H2,(H,33,35)/t28-,29+/m0/s1. The van der Waals surface area contributed by atoms with Gasteiger partial charge in [0.2, 0.25) is 0 Å². The van der Waals surface area contributed by atoms with Crippen LogP contribution in [0.25, 0.3) is 0 Å². The van der Waals surface area contributed by atoms with Gasteiger partial charge in [0, 0.05) is 21.9 Å². The van der Waals surface area contributed by atoms with E-state index in [0.717, 1.165) is 21.9 Å². The third kappa shape index (κ3) is 6.42. The van der Waals surface area contributed by atoms with Crippen molar-refractivity contribution in [2.45, 2.75) is 29.2 Å². The van der Waals surface area contributed by atoms with Crippen molar-refractivity contribution >= 4 is 29.4 Å². The monoisotopic (exact) mass is 526 g/mol. The predicted molar refractivity (Wildman–Crippen MR) is 148 cm³/mol. The minimum atomic E-state index is -0.556. The summed E-state index contributed by atoms with van der Waals surface area (Å²) in [6.45, 7) is 0.302. The molecule has 0 spiro atoms. The van der Waals surface area contributed by atoms with E-state index in [2.05, 4.69) is 17.4 Å². The zero-order chi connectivity index (χ0) is 26.3. The first-order chi connectivity index (χ1) is 18.5. The Bertz CT molecular complexity index is 1370. The third-order valence-corrected chi connectivity index (χ3v) is 7.49. The van der Waals surface area contributed by atoms with Crippen LogP contribution >= 0.6 is 11.8 Å². The van der Waals surface area contributed by atoms with E-state index >= 15 is 0 Å². The molecule has 0 unspecified atom stereocenters. The van der Waals surface area contributed by atoms with Gasteiger partial charge in [-0.1, -0.05) is 60.7 Å². The molecule has 5 rings (SSSR count). The van der Waals surface area contributed by atoms with Gasteiger partial charge in [-0.25, -0.2) is 9.18 Å². The molecular formula is C31H27FN2O3S. The highest BCUT2D eigenvalue weighted by molar-refractivity contribution is 7.98. The summed E-state index contributed by atoms with van der Waals surface area (Å²) < 4.78 is 19.1. The van der Waals surface area contributed by atoms with Gasteiger partial charge in [-0.3, -0.25) is 9.69 Å². The van der Waals surface area contributed by atoms with Gasteiger partial charge in [-0.05, 0) is 66.1 Å². The van der Waals surface area contributed by atoms with E-state index in [-0.39, 0.29) is 5.91 Å². The van der Waals surface area contributed by atoms with Crippen LogP contribution in [0, 0.1) is 5.82 Å². The van der Waals surface area contributed by atoms with E-state index in [1.807, 2.05) is 72.8 Å². The van der Waals surface area contributed by atoms with Gasteiger partial charge in [0.1, 0.15) is 11.9 Å². The number of benzene rings is 4. The first kappa shape index (κ1) is 25.5. The van der Waals surface area contributed by atoms with Crippen molar-refractivity contribution in [3.63, 3.8) is 0 Å². The Balaban J connectivity index is 1.28. The molecule has 4 aromatic carbocycles. The van der Waals surface area contributed by atoms with Crippen molar-refractivity contribution < 1.29 is 18.7 Å². The number of cyclic esters (lactones) is 1.